The summed E-state index contributed by atoms with van der Waals surface area (Å²) in [6, 6.07) is 6.54. The summed E-state index contributed by atoms with van der Waals surface area (Å²) < 4.78 is 0. The Kier molecular flexibility index (Phi) is 5.59. The minimum absolute atomic E-state index is 0.0156. The van der Waals surface area contributed by atoms with Gasteiger partial charge in [0.15, 0.2) is 0 Å². The highest BCUT2D eigenvalue weighted by molar-refractivity contribution is 5.99. The fraction of sp³-hybridized carbons (Fsp3) is 0.500. The maximum absolute atomic E-state index is 12.3. The van der Waals surface area contributed by atoms with E-state index < -0.39 is 17.4 Å². The number of hydrogen-bond acceptors (Lipinski definition) is 3. The summed E-state index contributed by atoms with van der Waals surface area (Å²) in [5, 5.41) is 14.4. The van der Waals surface area contributed by atoms with Crippen molar-refractivity contribution in [3.63, 3.8) is 0 Å². The molecule has 1 saturated carbocycles. The molecule has 0 aromatic heterocycles. The van der Waals surface area contributed by atoms with E-state index in [0.717, 1.165) is 25.7 Å². The van der Waals surface area contributed by atoms with Crippen molar-refractivity contribution in [1.29, 1.82) is 0 Å². The van der Waals surface area contributed by atoms with Crippen molar-refractivity contribution < 1.29 is 19.5 Å². The van der Waals surface area contributed by atoms with Gasteiger partial charge in [-0.1, -0.05) is 25.3 Å². The molecule has 130 valence electrons. The zero-order valence-corrected chi connectivity index (χ0v) is 14.1. The number of anilines is 1. The van der Waals surface area contributed by atoms with Crippen molar-refractivity contribution in [2.24, 2.45) is 5.92 Å². The summed E-state index contributed by atoms with van der Waals surface area (Å²) in [7, 11) is 0. The predicted molar refractivity (Wildman–Crippen MR) is 90.8 cm³/mol. The maximum Gasteiger partial charge on any atom is 0.328 e. The summed E-state index contributed by atoms with van der Waals surface area (Å²) >= 11 is 0. The summed E-state index contributed by atoms with van der Waals surface area (Å²) in [5.41, 5.74) is -0.504. The van der Waals surface area contributed by atoms with Gasteiger partial charge in [-0.3, -0.25) is 9.59 Å². The molecule has 24 heavy (non-hydrogen) atoms. The van der Waals surface area contributed by atoms with E-state index in [1.165, 1.54) is 20.3 Å². The Morgan fingerprint density at radius 3 is 2.42 bits per heavy atom. The van der Waals surface area contributed by atoms with Gasteiger partial charge in [-0.05, 0) is 44.9 Å². The molecule has 0 bridgehead atoms. The van der Waals surface area contributed by atoms with E-state index in [-0.39, 0.29) is 11.8 Å². The highest BCUT2D eigenvalue weighted by Crippen LogP contribution is 2.25. The monoisotopic (exact) mass is 332 g/mol. The first-order chi connectivity index (χ1) is 11.3. The zero-order valence-electron chi connectivity index (χ0n) is 14.1. The molecule has 2 rings (SSSR count). The Labute approximate surface area is 141 Å². The predicted octanol–water partition coefficient (Wildman–Crippen LogP) is 2.80. The maximum atomic E-state index is 12.3. The topological polar surface area (TPSA) is 95.5 Å². The van der Waals surface area contributed by atoms with Crippen molar-refractivity contribution in [1.82, 2.24) is 5.32 Å². The molecule has 0 radical (unpaired) electrons. The minimum Gasteiger partial charge on any atom is -0.480 e. The number of carbonyl (C=O) groups excluding carboxylic acids is 2. The zero-order chi connectivity index (χ0) is 17.7. The summed E-state index contributed by atoms with van der Waals surface area (Å²) in [4.78, 5) is 35.6. The molecule has 1 aliphatic rings. The van der Waals surface area contributed by atoms with E-state index in [1.54, 1.807) is 24.3 Å². The summed E-state index contributed by atoms with van der Waals surface area (Å²) in [6.45, 7) is 2.84. The van der Waals surface area contributed by atoms with Crippen molar-refractivity contribution in [2.75, 3.05) is 5.32 Å². The molecule has 0 unspecified atom stereocenters. The Morgan fingerprint density at radius 1 is 1.12 bits per heavy atom. The molecule has 3 N–H and O–H groups in total. The van der Waals surface area contributed by atoms with Crippen molar-refractivity contribution in [2.45, 2.75) is 51.5 Å². The van der Waals surface area contributed by atoms with E-state index >= 15 is 0 Å². The molecule has 1 aromatic rings. The van der Waals surface area contributed by atoms with Gasteiger partial charge in [0.05, 0.1) is 0 Å². The number of carboxylic acids is 1. The van der Waals surface area contributed by atoms with Gasteiger partial charge in [0.1, 0.15) is 5.54 Å². The highest BCUT2D eigenvalue weighted by Gasteiger charge is 2.29. The van der Waals surface area contributed by atoms with E-state index in [4.69, 9.17) is 5.11 Å². The fourth-order valence-corrected chi connectivity index (χ4v) is 2.76. The first kappa shape index (κ1) is 18.0. The van der Waals surface area contributed by atoms with Gasteiger partial charge < -0.3 is 15.7 Å². The van der Waals surface area contributed by atoms with Gasteiger partial charge in [-0.2, -0.15) is 0 Å². The highest BCUT2D eigenvalue weighted by atomic mass is 16.4. The van der Waals surface area contributed by atoms with Crippen LogP contribution in [0.1, 0.15) is 56.3 Å². The van der Waals surface area contributed by atoms with Crippen molar-refractivity contribution in [3.8, 4) is 0 Å². The Hall–Kier alpha value is -2.37. The van der Waals surface area contributed by atoms with E-state index in [0.29, 0.717) is 11.3 Å². The number of amides is 2. The Bertz CT molecular complexity index is 634. The molecule has 6 nitrogen and oxygen atoms in total. The minimum atomic E-state index is -1.36. The second-order valence-electron chi connectivity index (χ2n) is 6.79. The van der Waals surface area contributed by atoms with Crippen LogP contribution in [0.2, 0.25) is 0 Å². The van der Waals surface area contributed by atoms with E-state index in [2.05, 4.69) is 10.6 Å². The van der Waals surface area contributed by atoms with Crippen LogP contribution in [0.4, 0.5) is 5.69 Å². The number of rotatable bonds is 5. The van der Waals surface area contributed by atoms with Gasteiger partial charge in [0, 0.05) is 17.2 Å². The van der Waals surface area contributed by atoms with Gasteiger partial charge in [0.25, 0.3) is 5.91 Å². The third-order valence-electron chi connectivity index (χ3n) is 4.33. The molecule has 0 heterocycles. The summed E-state index contributed by atoms with van der Waals surface area (Å²) in [6.07, 6.45) is 5.13. The number of aliphatic carboxylic acids is 1. The molecule has 2 amide bonds. The molecule has 0 saturated heterocycles. The lowest BCUT2D eigenvalue weighted by molar-refractivity contribution is -0.143. The van der Waals surface area contributed by atoms with Crippen LogP contribution < -0.4 is 10.6 Å². The van der Waals surface area contributed by atoms with Crippen LogP contribution in [0, 0.1) is 5.92 Å². The van der Waals surface area contributed by atoms with Crippen LogP contribution in [0.3, 0.4) is 0 Å². The van der Waals surface area contributed by atoms with Crippen molar-refractivity contribution >= 4 is 23.5 Å². The second kappa shape index (κ2) is 7.47. The number of hydrogen-bond donors (Lipinski definition) is 3. The van der Waals surface area contributed by atoms with Crippen LogP contribution in [-0.4, -0.2) is 28.4 Å². The van der Waals surface area contributed by atoms with Crippen LogP contribution >= 0.6 is 0 Å². The largest absolute Gasteiger partial charge is 0.480 e. The van der Waals surface area contributed by atoms with Crippen molar-refractivity contribution in [3.05, 3.63) is 29.8 Å². The standard InChI is InChI=1S/C18H24N2O4/c1-18(2,17(23)24)20-16(22)13-9-6-10-14(11-13)19-15(21)12-7-4-3-5-8-12/h6,9-12H,3-5,7-8H2,1-2H3,(H,19,21)(H,20,22)(H,23,24). The van der Waals surface area contributed by atoms with E-state index in [1.807, 2.05) is 0 Å². The first-order valence-corrected chi connectivity index (χ1v) is 8.26. The lowest BCUT2D eigenvalue weighted by Crippen LogP contribution is -2.49. The van der Waals surface area contributed by atoms with Crippen LogP contribution in [0.25, 0.3) is 0 Å². The Balaban J connectivity index is 2.04. The lowest BCUT2D eigenvalue weighted by Gasteiger charge is -2.22. The number of carbonyl (C=O) groups is 3. The van der Waals surface area contributed by atoms with Gasteiger partial charge >= 0.3 is 5.97 Å². The van der Waals surface area contributed by atoms with E-state index in [9.17, 15) is 14.4 Å². The third-order valence-corrected chi connectivity index (χ3v) is 4.33. The molecular weight excluding hydrogens is 308 g/mol. The smallest absolute Gasteiger partial charge is 0.328 e. The molecule has 0 aliphatic heterocycles. The SMILES string of the molecule is CC(C)(NC(=O)c1cccc(NC(=O)C2CCCCC2)c1)C(=O)O. The van der Waals surface area contributed by atoms with Crippen LogP contribution in [-0.2, 0) is 9.59 Å². The second-order valence-corrected chi connectivity index (χ2v) is 6.79. The first-order valence-electron chi connectivity index (χ1n) is 8.26. The summed E-state index contributed by atoms with van der Waals surface area (Å²) in [5.74, 6) is -1.59. The molecule has 6 heteroatoms. The van der Waals surface area contributed by atoms with Crippen LogP contribution in [0.5, 0.6) is 0 Å². The number of nitrogens with one attached hydrogen (secondary N) is 2. The average molecular weight is 332 g/mol. The average Bonchev–Trinajstić information content (AvgIpc) is 2.55. The fourth-order valence-electron chi connectivity index (χ4n) is 2.76. The molecule has 1 fully saturated rings. The molecule has 0 atom stereocenters. The lowest BCUT2D eigenvalue weighted by atomic mass is 9.88. The number of benzene rings is 1. The van der Waals surface area contributed by atoms with Gasteiger partial charge in [-0.25, -0.2) is 4.79 Å². The molecular formula is C18H24N2O4. The normalized spacial score (nSPS) is 15.6. The molecule has 1 aromatic carbocycles. The molecule has 1 aliphatic carbocycles. The number of carboxylic acid groups (broad SMARTS) is 1. The third kappa shape index (κ3) is 4.57. The van der Waals surface area contributed by atoms with Gasteiger partial charge in [-0.15, -0.1) is 0 Å². The van der Waals surface area contributed by atoms with Crippen LogP contribution in [0.15, 0.2) is 24.3 Å². The Morgan fingerprint density at radius 2 is 1.79 bits per heavy atom. The van der Waals surface area contributed by atoms with Gasteiger partial charge in [0.2, 0.25) is 5.91 Å². The quantitative estimate of drug-likeness (QED) is 0.772. The molecule has 0 spiro atoms.